The molecule has 1 unspecified atom stereocenters. The zero-order valence-electron chi connectivity index (χ0n) is 25.0. The van der Waals surface area contributed by atoms with Gasteiger partial charge in [-0.1, -0.05) is 42.4 Å². The Morgan fingerprint density at radius 2 is 1.85 bits per heavy atom. The molecule has 0 bridgehead atoms. The van der Waals surface area contributed by atoms with Crippen molar-refractivity contribution in [3.8, 4) is 11.7 Å². The quantitative estimate of drug-likeness (QED) is 0.218. The number of hydrogen-bond donors (Lipinski definition) is 0. The molecule has 0 N–H and O–H groups in total. The van der Waals surface area contributed by atoms with Gasteiger partial charge in [-0.05, 0) is 44.0 Å². The second-order valence-corrected chi connectivity index (χ2v) is 11.9. The average Bonchev–Trinajstić information content (AvgIpc) is 3.35. The van der Waals surface area contributed by atoms with Crippen molar-refractivity contribution < 1.29 is 27.1 Å². The Morgan fingerprint density at radius 1 is 1.11 bits per heavy atom. The summed E-state index contributed by atoms with van der Waals surface area (Å²) in [6.07, 6.45) is -4.69. The molecule has 2 aliphatic heterocycles. The third-order valence-electron chi connectivity index (χ3n) is 8.43. The van der Waals surface area contributed by atoms with Gasteiger partial charge in [-0.15, -0.1) is 0 Å². The number of nitrogens with zero attached hydrogens (tertiary/aromatic N) is 7. The smallest absolute Gasteiger partial charge is 0.450 e. The van der Waals surface area contributed by atoms with Crippen molar-refractivity contribution in [2.75, 3.05) is 44.7 Å². The molecule has 2 aromatic heterocycles. The van der Waals surface area contributed by atoms with Crippen molar-refractivity contribution in [2.24, 2.45) is 0 Å². The summed E-state index contributed by atoms with van der Waals surface area (Å²) in [4.78, 5) is 44.3. The standard InChI is InChI=1S/C31H30ClF4N7O3/c1-4-23(44)41-11-12-42(17(2)14-41)27-25-26(38-30(39-27)46-16-20-13-19(33)15-40(20)3)28(45)43(29(37-25)31(34,35)36)22-10-6-8-18-7-5-9-21(32)24(18)22/h4-10,17,19-20H,1,11-16H2,2-3H3/t17?,19-,20+/m1/s1. The highest BCUT2D eigenvalue weighted by Gasteiger charge is 2.40. The van der Waals surface area contributed by atoms with Gasteiger partial charge in [-0.25, -0.2) is 9.37 Å². The van der Waals surface area contributed by atoms with Gasteiger partial charge in [0.1, 0.15) is 18.3 Å². The second kappa shape index (κ2) is 12.1. The highest BCUT2D eigenvalue weighted by Crippen LogP contribution is 2.36. The maximum Gasteiger partial charge on any atom is 0.450 e. The first kappa shape index (κ1) is 31.7. The molecule has 46 heavy (non-hydrogen) atoms. The Kier molecular flexibility index (Phi) is 8.36. The summed E-state index contributed by atoms with van der Waals surface area (Å²) in [5.74, 6) is -1.82. The minimum Gasteiger partial charge on any atom is -0.462 e. The molecule has 0 radical (unpaired) electrons. The largest absolute Gasteiger partial charge is 0.462 e. The summed E-state index contributed by atoms with van der Waals surface area (Å²) in [5.41, 5.74) is -2.00. The maximum atomic E-state index is 14.8. The zero-order valence-corrected chi connectivity index (χ0v) is 25.7. The Bertz CT molecular complexity index is 1900. The van der Waals surface area contributed by atoms with Crippen molar-refractivity contribution in [3.05, 3.63) is 70.3 Å². The molecular weight excluding hydrogens is 630 g/mol. The van der Waals surface area contributed by atoms with Crippen molar-refractivity contribution in [1.82, 2.24) is 29.3 Å². The summed E-state index contributed by atoms with van der Waals surface area (Å²) in [6, 6.07) is 8.39. The molecule has 3 atom stereocenters. The van der Waals surface area contributed by atoms with E-state index < -0.39 is 35.3 Å². The molecule has 2 saturated heterocycles. The number of ether oxygens (including phenoxy) is 1. The number of amides is 1. The SMILES string of the molecule is C=CC(=O)N1CCN(c2nc(OC[C@@H]3C[C@@H](F)CN3C)nc3c(=O)n(-c4cccc5cccc(Cl)c45)c(C(F)(F)F)nc23)C(C)C1. The molecule has 0 saturated carbocycles. The van der Waals surface area contributed by atoms with Crippen LogP contribution in [0.4, 0.5) is 23.4 Å². The Balaban J connectivity index is 1.57. The van der Waals surface area contributed by atoms with E-state index in [1.54, 1.807) is 46.9 Å². The minimum absolute atomic E-state index is 0.0137. The topological polar surface area (TPSA) is 96.7 Å². The number of rotatable bonds is 6. The molecule has 2 fully saturated rings. The highest BCUT2D eigenvalue weighted by atomic mass is 35.5. The summed E-state index contributed by atoms with van der Waals surface area (Å²) in [7, 11) is 1.75. The molecule has 2 aliphatic rings. The van der Waals surface area contributed by atoms with Gasteiger partial charge in [0.25, 0.3) is 5.56 Å². The number of alkyl halides is 4. The van der Waals surface area contributed by atoms with Crippen LogP contribution in [-0.4, -0.2) is 93.3 Å². The van der Waals surface area contributed by atoms with E-state index in [1.807, 2.05) is 0 Å². The van der Waals surface area contributed by atoms with Crippen LogP contribution >= 0.6 is 11.6 Å². The third-order valence-corrected chi connectivity index (χ3v) is 8.75. The van der Waals surface area contributed by atoms with Gasteiger partial charge in [-0.2, -0.15) is 23.1 Å². The molecule has 0 spiro atoms. The normalized spacial score (nSPS) is 20.9. The molecule has 15 heteroatoms. The van der Waals surface area contributed by atoms with Crippen molar-refractivity contribution in [1.29, 1.82) is 0 Å². The Morgan fingerprint density at radius 3 is 2.50 bits per heavy atom. The fraction of sp³-hybridized carbons (Fsp3) is 0.387. The van der Waals surface area contributed by atoms with Gasteiger partial charge in [0, 0.05) is 43.6 Å². The molecule has 0 aliphatic carbocycles. The number of carbonyl (C=O) groups excluding carboxylic acids is 1. The molecule has 4 aromatic rings. The molecule has 4 heterocycles. The van der Waals surface area contributed by atoms with Crippen LogP contribution in [0.1, 0.15) is 19.2 Å². The second-order valence-electron chi connectivity index (χ2n) is 11.5. The fourth-order valence-electron chi connectivity index (χ4n) is 6.15. The first-order chi connectivity index (χ1) is 21.9. The van der Waals surface area contributed by atoms with E-state index in [0.717, 1.165) is 0 Å². The van der Waals surface area contributed by atoms with Crippen LogP contribution in [0.25, 0.3) is 27.5 Å². The van der Waals surface area contributed by atoms with Gasteiger partial charge in [-0.3, -0.25) is 19.1 Å². The molecule has 10 nitrogen and oxygen atoms in total. The van der Waals surface area contributed by atoms with E-state index in [-0.39, 0.29) is 84.6 Å². The van der Waals surface area contributed by atoms with Crippen LogP contribution in [0, 0.1) is 0 Å². The Hall–Kier alpha value is -4.30. The van der Waals surface area contributed by atoms with E-state index in [1.165, 1.54) is 24.3 Å². The summed E-state index contributed by atoms with van der Waals surface area (Å²) < 4.78 is 64.8. The van der Waals surface area contributed by atoms with Crippen molar-refractivity contribution in [2.45, 2.75) is 37.8 Å². The number of carbonyl (C=O) groups is 1. The number of likely N-dealkylation sites (tertiary alicyclic amines) is 1. The lowest BCUT2D eigenvalue weighted by Crippen LogP contribution is -2.53. The molecular formula is C31H30ClF4N7O3. The first-order valence-electron chi connectivity index (χ1n) is 14.6. The zero-order chi connectivity index (χ0) is 32.9. The van der Waals surface area contributed by atoms with E-state index in [9.17, 15) is 27.2 Å². The first-order valence-corrected chi connectivity index (χ1v) is 15.0. The summed E-state index contributed by atoms with van der Waals surface area (Å²) in [6.45, 7) is 6.12. The average molecular weight is 660 g/mol. The number of hydrogen-bond acceptors (Lipinski definition) is 8. The van der Waals surface area contributed by atoms with Crippen LogP contribution in [0.2, 0.25) is 5.02 Å². The minimum atomic E-state index is -5.07. The van der Waals surface area contributed by atoms with Crippen LogP contribution in [0.5, 0.6) is 6.01 Å². The number of fused-ring (bicyclic) bond motifs is 2. The van der Waals surface area contributed by atoms with Gasteiger partial charge in [0.15, 0.2) is 11.3 Å². The summed E-state index contributed by atoms with van der Waals surface area (Å²) in [5, 5.41) is 0.895. The van der Waals surface area contributed by atoms with Gasteiger partial charge >= 0.3 is 12.2 Å². The molecule has 2 aromatic carbocycles. The van der Waals surface area contributed by atoms with Crippen molar-refractivity contribution >= 4 is 45.1 Å². The van der Waals surface area contributed by atoms with E-state index >= 15 is 0 Å². The molecule has 6 rings (SSSR count). The fourth-order valence-corrected chi connectivity index (χ4v) is 6.43. The van der Waals surface area contributed by atoms with Gasteiger partial charge in [0.2, 0.25) is 11.7 Å². The van der Waals surface area contributed by atoms with Crippen molar-refractivity contribution in [3.63, 3.8) is 0 Å². The Labute approximate surface area is 265 Å². The predicted octanol–water partition coefficient (Wildman–Crippen LogP) is 4.65. The lowest BCUT2D eigenvalue weighted by atomic mass is 10.1. The number of anilines is 1. The van der Waals surface area contributed by atoms with Crippen LogP contribution in [0.15, 0.2) is 53.8 Å². The van der Waals surface area contributed by atoms with Crippen LogP contribution < -0.4 is 15.2 Å². The van der Waals surface area contributed by atoms with E-state index in [4.69, 9.17) is 16.3 Å². The highest BCUT2D eigenvalue weighted by molar-refractivity contribution is 6.36. The lowest BCUT2D eigenvalue weighted by molar-refractivity contribution is -0.146. The number of piperazine rings is 1. The van der Waals surface area contributed by atoms with Gasteiger partial charge in [0.05, 0.1) is 10.7 Å². The molecule has 1 amide bonds. The number of aromatic nitrogens is 4. The van der Waals surface area contributed by atoms with Crippen LogP contribution in [0.3, 0.4) is 0 Å². The lowest BCUT2D eigenvalue weighted by Gasteiger charge is -2.40. The monoisotopic (exact) mass is 659 g/mol. The van der Waals surface area contributed by atoms with E-state index in [0.29, 0.717) is 9.95 Å². The number of halogens is 5. The van der Waals surface area contributed by atoms with Crippen LogP contribution in [-0.2, 0) is 11.0 Å². The van der Waals surface area contributed by atoms with Gasteiger partial charge < -0.3 is 14.5 Å². The predicted molar refractivity (Wildman–Crippen MR) is 165 cm³/mol. The number of benzene rings is 2. The summed E-state index contributed by atoms with van der Waals surface area (Å²) >= 11 is 6.45. The molecule has 242 valence electrons. The third kappa shape index (κ3) is 5.75. The number of likely N-dealkylation sites (N-methyl/N-ethyl adjacent to an activating group) is 1. The maximum absolute atomic E-state index is 14.8. The van der Waals surface area contributed by atoms with E-state index in [2.05, 4.69) is 21.5 Å².